The zero-order chi connectivity index (χ0) is 15.9. The second-order valence-electron chi connectivity index (χ2n) is 4.86. The molecule has 0 atom stereocenters. The molecule has 0 aliphatic rings. The van der Waals surface area contributed by atoms with Gasteiger partial charge in [-0.1, -0.05) is 0 Å². The van der Waals surface area contributed by atoms with Crippen LogP contribution < -0.4 is 16.8 Å². The molecule has 0 aliphatic heterocycles. The number of carbonyl (C=O) groups is 1. The Kier molecular flexibility index (Phi) is 3.09. The number of pyridine rings is 1. The van der Waals surface area contributed by atoms with Crippen LogP contribution in [0.3, 0.4) is 0 Å². The van der Waals surface area contributed by atoms with Crippen LogP contribution in [-0.2, 0) is 0 Å². The van der Waals surface area contributed by atoms with E-state index in [0.29, 0.717) is 11.5 Å². The van der Waals surface area contributed by atoms with Gasteiger partial charge in [0.2, 0.25) is 5.95 Å². The molecular formula is C13H14N8O. The number of hydrogen-bond acceptors (Lipinski definition) is 7. The number of fused-ring (bicyclic) bond motifs is 1. The first-order valence-electron chi connectivity index (χ1n) is 6.47. The summed E-state index contributed by atoms with van der Waals surface area (Å²) in [6.45, 7) is 3.81. The SMILES string of the molecule is Cc1cc(C)c2c(NC(=O)c3cnc(N)nc3N)n[nH]c2n1. The maximum atomic E-state index is 12.3. The summed E-state index contributed by atoms with van der Waals surface area (Å²) in [5.74, 6) is -0.0718. The molecule has 0 saturated heterocycles. The number of H-pyrrole nitrogens is 1. The molecule has 0 unspecified atom stereocenters. The highest BCUT2D eigenvalue weighted by atomic mass is 16.1. The first kappa shape index (κ1) is 13.7. The summed E-state index contributed by atoms with van der Waals surface area (Å²) in [5.41, 5.74) is 13.6. The fraction of sp³-hybridized carbons (Fsp3) is 0.154. The summed E-state index contributed by atoms with van der Waals surface area (Å²) in [6, 6.07) is 1.91. The molecule has 0 spiro atoms. The minimum atomic E-state index is -0.467. The largest absolute Gasteiger partial charge is 0.383 e. The number of nitrogens with one attached hydrogen (secondary N) is 2. The lowest BCUT2D eigenvalue weighted by molar-refractivity contribution is 0.102. The molecule has 6 N–H and O–H groups in total. The number of amides is 1. The van der Waals surface area contributed by atoms with Crippen molar-refractivity contribution in [3.05, 3.63) is 29.1 Å². The van der Waals surface area contributed by atoms with Crippen molar-refractivity contribution in [1.29, 1.82) is 0 Å². The standard InChI is InChI=1S/C13H14N8O/c1-5-3-6(2)17-10-8(5)11(21-20-10)19-12(22)7-4-16-13(15)18-9(7)14/h3-4H,1-2H3,(H4,14,15,16,18)(H2,17,19,20,21,22). The molecule has 112 valence electrons. The van der Waals surface area contributed by atoms with Crippen molar-refractivity contribution in [1.82, 2.24) is 25.1 Å². The number of aromatic nitrogens is 5. The van der Waals surface area contributed by atoms with Crippen molar-refractivity contribution in [3.63, 3.8) is 0 Å². The lowest BCUT2D eigenvalue weighted by Gasteiger charge is -2.06. The average molecular weight is 298 g/mol. The molecule has 3 rings (SSSR count). The smallest absolute Gasteiger partial charge is 0.262 e. The number of aryl methyl sites for hydroxylation is 2. The molecule has 3 aromatic heterocycles. The predicted octanol–water partition coefficient (Wildman–Crippen LogP) is 0.781. The Hall–Kier alpha value is -3.23. The Bertz CT molecular complexity index is 885. The summed E-state index contributed by atoms with van der Waals surface area (Å²) in [6.07, 6.45) is 1.27. The number of nitrogens with zero attached hydrogens (tertiary/aromatic N) is 4. The summed E-state index contributed by atoms with van der Waals surface area (Å²) < 4.78 is 0. The molecule has 1 amide bonds. The van der Waals surface area contributed by atoms with E-state index in [2.05, 4.69) is 30.5 Å². The number of hydrogen-bond donors (Lipinski definition) is 4. The molecular weight excluding hydrogens is 284 g/mol. The van der Waals surface area contributed by atoms with Crippen LogP contribution in [0.5, 0.6) is 0 Å². The Morgan fingerprint density at radius 1 is 1.27 bits per heavy atom. The highest BCUT2D eigenvalue weighted by Gasteiger charge is 2.17. The van der Waals surface area contributed by atoms with E-state index in [1.807, 2.05) is 19.9 Å². The van der Waals surface area contributed by atoms with Crippen molar-refractivity contribution in [2.75, 3.05) is 16.8 Å². The van der Waals surface area contributed by atoms with Gasteiger partial charge in [-0.25, -0.2) is 9.97 Å². The zero-order valence-electron chi connectivity index (χ0n) is 12.0. The molecule has 0 bridgehead atoms. The van der Waals surface area contributed by atoms with E-state index in [1.165, 1.54) is 6.20 Å². The van der Waals surface area contributed by atoms with E-state index in [-0.39, 0.29) is 17.3 Å². The van der Waals surface area contributed by atoms with Gasteiger partial charge in [-0.3, -0.25) is 9.89 Å². The number of nitrogen functional groups attached to an aromatic ring is 2. The molecule has 0 aromatic carbocycles. The minimum absolute atomic E-state index is 0.00906. The fourth-order valence-electron chi connectivity index (χ4n) is 2.23. The molecule has 0 fully saturated rings. The Morgan fingerprint density at radius 2 is 2.05 bits per heavy atom. The predicted molar refractivity (Wildman–Crippen MR) is 82.2 cm³/mol. The molecule has 9 nitrogen and oxygen atoms in total. The topological polar surface area (TPSA) is 148 Å². The number of carbonyl (C=O) groups excluding carboxylic acids is 1. The van der Waals surface area contributed by atoms with Gasteiger partial charge in [-0.2, -0.15) is 10.1 Å². The van der Waals surface area contributed by atoms with Gasteiger partial charge in [-0.05, 0) is 25.5 Å². The second kappa shape index (κ2) is 4.95. The molecule has 3 heterocycles. The number of nitrogens with two attached hydrogens (primary N) is 2. The maximum absolute atomic E-state index is 12.3. The van der Waals surface area contributed by atoms with Crippen LogP contribution in [-0.4, -0.2) is 31.1 Å². The van der Waals surface area contributed by atoms with E-state index in [1.54, 1.807) is 0 Å². The van der Waals surface area contributed by atoms with Crippen LogP contribution in [0.4, 0.5) is 17.6 Å². The Morgan fingerprint density at radius 3 is 2.77 bits per heavy atom. The molecule has 3 aromatic rings. The van der Waals surface area contributed by atoms with E-state index in [4.69, 9.17) is 11.5 Å². The van der Waals surface area contributed by atoms with Gasteiger partial charge in [-0.15, -0.1) is 0 Å². The van der Waals surface area contributed by atoms with Crippen molar-refractivity contribution in [2.45, 2.75) is 13.8 Å². The van der Waals surface area contributed by atoms with Crippen LogP contribution in [0.15, 0.2) is 12.3 Å². The van der Waals surface area contributed by atoms with E-state index in [9.17, 15) is 4.79 Å². The summed E-state index contributed by atoms with van der Waals surface area (Å²) in [7, 11) is 0. The monoisotopic (exact) mass is 298 g/mol. The third-order valence-electron chi connectivity index (χ3n) is 3.17. The van der Waals surface area contributed by atoms with Crippen LogP contribution >= 0.6 is 0 Å². The molecule has 0 saturated carbocycles. The number of aromatic amines is 1. The van der Waals surface area contributed by atoms with Crippen LogP contribution in [0.2, 0.25) is 0 Å². The average Bonchev–Trinajstić information content (AvgIpc) is 2.81. The van der Waals surface area contributed by atoms with Crippen molar-refractivity contribution < 1.29 is 4.79 Å². The highest BCUT2D eigenvalue weighted by molar-refractivity contribution is 6.10. The van der Waals surface area contributed by atoms with Gasteiger partial charge in [0.1, 0.15) is 11.4 Å². The first-order chi connectivity index (χ1) is 10.5. The summed E-state index contributed by atoms with van der Waals surface area (Å²) in [5, 5.41) is 10.3. The lowest BCUT2D eigenvalue weighted by atomic mass is 10.1. The maximum Gasteiger partial charge on any atom is 0.262 e. The molecule has 22 heavy (non-hydrogen) atoms. The van der Waals surface area contributed by atoms with Crippen LogP contribution in [0, 0.1) is 13.8 Å². The van der Waals surface area contributed by atoms with Crippen LogP contribution in [0.1, 0.15) is 21.6 Å². The molecule has 9 heteroatoms. The number of rotatable bonds is 2. The highest BCUT2D eigenvalue weighted by Crippen LogP contribution is 2.24. The van der Waals surface area contributed by atoms with Gasteiger partial charge in [0, 0.05) is 11.9 Å². The minimum Gasteiger partial charge on any atom is -0.383 e. The summed E-state index contributed by atoms with van der Waals surface area (Å²) >= 11 is 0. The zero-order valence-corrected chi connectivity index (χ0v) is 12.0. The molecule has 0 radical (unpaired) electrons. The van der Waals surface area contributed by atoms with Crippen molar-refractivity contribution >= 4 is 34.5 Å². The Balaban J connectivity index is 1.98. The lowest BCUT2D eigenvalue weighted by Crippen LogP contribution is -2.16. The first-order valence-corrected chi connectivity index (χ1v) is 6.47. The third kappa shape index (κ3) is 2.28. The normalized spacial score (nSPS) is 10.8. The van der Waals surface area contributed by atoms with Gasteiger partial charge in [0.05, 0.1) is 5.39 Å². The summed E-state index contributed by atoms with van der Waals surface area (Å²) in [4.78, 5) is 24.1. The van der Waals surface area contributed by atoms with Crippen molar-refractivity contribution in [2.24, 2.45) is 0 Å². The molecule has 0 aliphatic carbocycles. The quantitative estimate of drug-likeness (QED) is 0.546. The van der Waals surface area contributed by atoms with Crippen molar-refractivity contribution in [3.8, 4) is 0 Å². The van der Waals surface area contributed by atoms with Gasteiger partial charge >= 0.3 is 0 Å². The second-order valence-corrected chi connectivity index (χ2v) is 4.86. The van der Waals surface area contributed by atoms with Gasteiger partial charge < -0.3 is 16.8 Å². The van der Waals surface area contributed by atoms with E-state index < -0.39 is 5.91 Å². The fourth-order valence-corrected chi connectivity index (χ4v) is 2.23. The third-order valence-corrected chi connectivity index (χ3v) is 3.17. The van der Waals surface area contributed by atoms with E-state index >= 15 is 0 Å². The Labute approximate surface area is 125 Å². The van der Waals surface area contributed by atoms with Gasteiger partial charge in [0.25, 0.3) is 5.91 Å². The number of anilines is 3. The van der Waals surface area contributed by atoms with Gasteiger partial charge in [0.15, 0.2) is 11.5 Å². The van der Waals surface area contributed by atoms with E-state index in [0.717, 1.165) is 16.6 Å². The van der Waals surface area contributed by atoms with Crippen LogP contribution in [0.25, 0.3) is 11.0 Å².